The molecule has 3 heterocycles. The van der Waals surface area contributed by atoms with Gasteiger partial charge in [0.2, 0.25) is 0 Å². The Kier molecular flexibility index (Phi) is 5.76. The molecule has 30 heavy (non-hydrogen) atoms. The van der Waals surface area contributed by atoms with Crippen LogP contribution in [0.5, 0.6) is 5.75 Å². The summed E-state index contributed by atoms with van der Waals surface area (Å²) in [6.45, 7) is 6.41. The van der Waals surface area contributed by atoms with Crippen LogP contribution >= 0.6 is 0 Å². The van der Waals surface area contributed by atoms with Crippen molar-refractivity contribution in [1.82, 2.24) is 19.6 Å². The van der Waals surface area contributed by atoms with Crippen LogP contribution in [0.2, 0.25) is 0 Å². The summed E-state index contributed by atoms with van der Waals surface area (Å²) < 4.78 is 6.66. The topological polar surface area (TPSA) is 87.9 Å². The van der Waals surface area contributed by atoms with E-state index in [9.17, 15) is 14.7 Å². The molecule has 2 aliphatic heterocycles. The lowest BCUT2D eigenvalue weighted by atomic mass is 10.00. The van der Waals surface area contributed by atoms with Crippen LogP contribution in [0.25, 0.3) is 5.69 Å². The van der Waals surface area contributed by atoms with Gasteiger partial charge < -0.3 is 19.6 Å². The summed E-state index contributed by atoms with van der Waals surface area (Å²) in [4.78, 5) is 29.3. The van der Waals surface area contributed by atoms with Crippen molar-refractivity contribution in [3.05, 3.63) is 41.2 Å². The molecule has 8 nitrogen and oxygen atoms in total. The largest absolute Gasteiger partial charge is 0.497 e. The number of hydrogen-bond acceptors (Lipinski definition) is 5. The van der Waals surface area contributed by atoms with Crippen LogP contribution < -0.4 is 4.74 Å². The zero-order valence-electron chi connectivity index (χ0n) is 17.5. The molecule has 1 N–H and O–H groups in total. The first-order chi connectivity index (χ1) is 14.5. The van der Waals surface area contributed by atoms with Crippen LogP contribution in [0.15, 0.2) is 24.3 Å². The van der Waals surface area contributed by atoms with Gasteiger partial charge in [-0.1, -0.05) is 6.92 Å². The number of piperidine rings is 1. The molecule has 1 amide bonds. The molecule has 0 bridgehead atoms. The first-order valence-corrected chi connectivity index (χ1v) is 10.5. The van der Waals surface area contributed by atoms with Crippen LogP contribution in [0.1, 0.15) is 46.3 Å². The molecule has 0 radical (unpaired) electrons. The number of carbonyl (C=O) groups excluding carboxylic acids is 1. The Balaban J connectivity index is 1.59. The Labute approximate surface area is 176 Å². The molecule has 160 valence electrons. The molecule has 1 atom stereocenters. The maximum absolute atomic E-state index is 13.3. The highest BCUT2D eigenvalue weighted by Crippen LogP contribution is 2.26. The van der Waals surface area contributed by atoms with Crippen molar-refractivity contribution in [2.45, 2.75) is 26.2 Å². The van der Waals surface area contributed by atoms with Gasteiger partial charge in [-0.25, -0.2) is 9.48 Å². The number of methoxy groups -OCH3 is 1. The van der Waals surface area contributed by atoms with E-state index >= 15 is 0 Å². The fraction of sp³-hybridized carbons (Fsp3) is 0.500. The molecule has 4 rings (SSSR count). The van der Waals surface area contributed by atoms with E-state index in [-0.39, 0.29) is 11.6 Å². The number of rotatable bonds is 6. The standard InChI is InChI=1S/C22H28N4O4/c1-15-4-3-10-24(14-15)12-13-25-11-9-18-19(22(28)29)23-26(20(18)21(25)27)16-5-7-17(30-2)8-6-16/h5-8,15H,3-4,9-14H2,1-2H3,(H,28,29). The van der Waals surface area contributed by atoms with Gasteiger partial charge >= 0.3 is 5.97 Å². The number of nitrogens with zero attached hydrogens (tertiary/aromatic N) is 4. The summed E-state index contributed by atoms with van der Waals surface area (Å²) in [5.74, 6) is 0.109. The number of carboxylic acid groups (broad SMARTS) is 1. The first-order valence-electron chi connectivity index (χ1n) is 10.5. The van der Waals surface area contributed by atoms with E-state index in [1.807, 2.05) is 4.90 Å². The van der Waals surface area contributed by atoms with Gasteiger partial charge in [0, 0.05) is 31.7 Å². The van der Waals surface area contributed by atoms with Gasteiger partial charge in [-0.05, 0) is 56.0 Å². The van der Waals surface area contributed by atoms with Gasteiger partial charge in [-0.2, -0.15) is 5.10 Å². The van der Waals surface area contributed by atoms with Crippen molar-refractivity contribution in [3.8, 4) is 11.4 Å². The molecule has 1 unspecified atom stereocenters. The van der Waals surface area contributed by atoms with Crippen molar-refractivity contribution in [2.75, 3.05) is 39.8 Å². The van der Waals surface area contributed by atoms with Crippen LogP contribution in [0, 0.1) is 5.92 Å². The van der Waals surface area contributed by atoms with E-state index < -0.39 is 5.97 Å². The Morgan fingerprint density at radius 1 is 1.23 bits per heavy atom. The van der Waals surface area contributed by atoms with E-state index in [0.29, 0.717) is 48.1 Å². The molecule has 1 fully saturated rings. The van der Waals surface area contributed by atoms with E-state index in [4.69, 9.17) is 4.74 Å². The molecule has 0 saturated carbocycles. The van der Waals surface area contributed by atoms with E-state index in [0.717, 1.165) is 19.6 Å². The molecular formula is C22H28N4O4. The van der Waals surface area contributed by atoms with Crippen molar-refractivity contribution in [1.29, 1.82) is 0 Å². The van der Waals surface area contributed by atoms with Crippen LogP contribution in [0.4, 0.5) is 0 Å². The Morgan fingerprint density at radius 2 is 2.00 bits per heavy atom. The zero-order valence-corrected chi connectivity index (χ0v) is 17.5. The van der Waals surface area contributed by atoms with Gasteiger partial charge in [-0.15, -0.1) is 0 Å². The summed E-state index contributed by atoms with van der Waals surface area (Å²) in [5, 5.41) is 13.9. The van der Waals surface area contributed by atoms with E-state index in [1.165, 1.54) is 17.5 Å². The van der Waals surface area contributed by atoms with E-state index in [1.54, 1.807) is 31.4 Å². The maximum atomic E-state index is 13.3. The van der Waals surface area contributed by atoms with Gasteiger partial charge in [0.1, 0.15) is 11.4 Å². The molecule has 0 aliphatic carbocycles. The molecular weight excluding hydrogens is 384 g/mol. The minimum Gasteiger partial charge on any atom is -0.497 e. The number of ether oxygens (including phenoxy) is 1. The highest BCUT2D eigenvalue weighted by molar-refractivity contribution is 5.99. The average molecular weight is 412 g/mol. The maximum Gasteiger partial charge on any atom is 0.356 e. The molecule has 0 spiro atoms. The minimum absolute atomic E-state index is 0.0429. The van der Waals surface area contributed by atoms with Gasteiger partial charge in [0.25, 0.3) is 5.91 Å². The number of hydrogen-bond donors (Lipinski definition) is 1. The summed E-state index contributed by atoms with van der Waals surface area (Å²) in [5.41, 5.74) is 1.47. The monoisotopic (exact) mass is 412 g/mol. The van der Waals surface area contributed by atoms with Crippen LogP contribution in [0.3, 0.4) is 0 Å². The smallest absolute Gasteiger partial charge is 0.356 e. The third-order valence-corrected chi connectivity index (χ3v) is 6.05. The lowest BCUT2D eigenvalue weighted by molar-refractivity contribution is 0.0687. The number of amides is 1. The third-order valence-electron chi connectivity index (χ3n) is 6.05. The highest BCUT2D eigenvalue weighted by Gasteiger charge is 2.34. The molecule has 2 aromatic rings. The predicted octanol–water partition coefficient (Wildman–Crippen LogP) is 2.31. The second kappa shape index (κ2) is 8.47. The fourth-order valence-corrected chi connectivity index (χ4v) is 4.45. The number of carboxylic acids is 1. The minimum atomic E-state index is -1.11. The van der Waals surface area contributed by atoms with Crippen molar-refractivity contribution >= 4 is 11.9 Å². The summed E-state index contributed by atoms with van der Waals surface area (Å²) >= 11 is 0. The van der Waals surface area contributed by atoms with Crippen molar-refractivity contribution < 1.29 is 19.4 Å². The molecule has 1 saturated heterocycles. The fourth-order valence-electron chi connectivity index (χ4n) is 4.45. The number of likely N-dealkylation sites (tertiary alicyclic amines) is 1. The van der Waals surface area contributed by atoms with Gasteiger partial charge in [0.15, 0.2) is 5.69 Å². The zero-order chi connectivity index (χ0) is 21.3. The number of benzene rings is 1. The number of aromatic carboxylic acids is 1. The normalized spacial score (nSPS) is 19.6. The lowest BCUT2D eigenvalue weighted by Gasteiger charge is -2.34. The second-order valence-corrected chi connectivity index (χ2v) is 8.18. The van der Waals surface area contributed by atoms with Crippen LogP contribution in [-0.2, 0) is 6.42 Å². The SMILES string of the molecule is COc1ccc(-n2nc(C(=O)O)c3c2C(=O)N(CCN2CCCC(C)C2)CC3)cc1. The quantitative estimate of drug-likeness (QED) is 0.783. The first kappa shape index (κ1) is 20.4. The van der Waals surface area contributed by atoms with Crippen LogP contribution in [-0.4, -0.2) is 76.4 Å². The van der Waals surface area contributed by atoms with Crippen molar-refractivity contribution in [2.24, 2.45) is 5.92 Å². The number of aromatic nitrogens is 2. The Bertz CT molecular complexity index is 937. The second-order valence-electron chi connectivity index (χ2n) is 8.18. The third kappa shape index (κ3) is 3.92. The molecule has 1 aromatic heterocycles. The Hall–Kier alpha value is -2.87. The number of carbonyl (C=O) groups is 2. The predicted molar refractivity (Wildman–Crippen MR) is 112 cm³/mol. The summed E-state index contributed by atoms with van der Waals surface area (Å²) in [6.07, 6.45) is 2.96. The number of fused-ring (bicyclic) bond motifs is 1. The van der Waals surface area contributed by atoms with Gasteiger partial charge in [-0.3, -0.25) is 4.79 Å². The molecule has 8 heteroatoms. The Morgan fingerprint density at radius 3 is 2.67 bits per heavy atom. The average Bonchev–Trinajstić information content (AvgIpc) is 3.14. The van der Waals surface area contributed by atoms with E-state index in [2.05, 4.69) is 16.9 Å². The summed E-state index contributed by atoms with van der Waals surface area (Å²) in [6, 6.07) is 7.09. The van der Waals surface area contributed by atoms with Gasteiger partial charge in [0.05, 0.1) is 12.8 Å². The lowest BCUT2D eigenvalue weighted by Crippen LogP contribution is -2.45. The molecule has 2 aliphatic rings. The molecule has 1 aromatic carbocycles. The van der Waals surface area contributed by atoms with Crippen molar-refractivity contribution in [3.63, 3.8) is 0 Å². The highest BCUT2D eigenvalue weighted by atomic mass is 16.5. The summed E-state index contributed by atoms with van der Waals surface area (Å²) in [7, 11) is 1.58.